The fourth-order valence-electron chi connectivity index (χ4n) is 2.15. The molecule has 0 radical (unpaired) electrons. The molecule has 4 nitrogen and oxygen atoms in total. The number of nitrogens with zero attached hydrogens (tertiary/aromatic N) is 3. The highest BCUT2D eigenvalue weighted by molar-refractivity contribution is 6.01. The lowest BCUT2D eigenvalue weighted by molar-refractivity contribution is -0.281. The number of nitrogens with one attached hydrogen (secondary N) is 1. The lowest BCUT2D eigenvalue weighted by Crippen LogP contribution is -2.60. The van der Waals surface area contributed by atoms with Gasteiger partial charge >= 0.3 is 12.4 Å². The lowest BCUT2D eigenvalue weighted by Gasteiger charge is -2.37. The summed E-state index contributed by atoms with van der Waals surface area (Å²) in [6.07, 6.45) is -9.28. The van der Waals surface area contributed by atoms with E-state index in [-0.39, 0.29) is 5.56 Å². The maximum absolute atomic E-state index is 13.3. The number of halogens is 6. The highest BCUT2D eigenvalue weighted by Gasteiger charge is 2.75. The standard InChI is InChI=1S/C13H8F6N4/c1-7-9(6-20)11(12(14,15)16,13(17,18)19)23-10(22-7)8-2-4-21-5-3-8/h2-5H,1H3,(H,22,23). The summed E-state index contributed by atoms with van der Waals surface area (Å²) in [5.41, 5.74) is -6.73. The van der Waals surface area contributed by atoms with Gasteiger partial charge in [-0.2, -0.15) is 31.6 Å². The largest absolute Gasteiger partial charge is 0.427 e. The number of allylic oxidation sites excluding steroid dienone is 1. The Morgan fingerprint density at radius 3 is 2.04 bits per heavy atom. The molecular weight excluding hydrogens is 326 g/mol. The predicted octanol–water partition coefficient (Wildman–Crippen LogP) is 3.09. The van der Waals surface area contributed by atoms with Crippen LogP contribution in [0.4, 0.5) is 26.3 Å². The topological polar surface area (TPSA) is 61.1 Å². The first kappa shape index (κ1) is 16.8. The van der Waals surface area contributed by atoms with Crippen LogP contribution in [-0.2, 0) is 0 Å². The summed E-state index contributed by atoms with van der Waals surface area (Å²) in [5.74, 6) is -0.640. The zero-order chi connectivity index (χ0) is 17.5. The summed E-state index contributed by atoms with van der Waals surface area (Å²) in [7, 11) is 0. The summed E-state index contributed by atoms with van der Waals surface area (Å²) in [6.45, 7) is 0.959. The maximum atomic E-state index is 13.3. The van der Waals surface area contributed by atoms with E-state index < -0.39 is 35.0 Å². The average molecular weight is 334 g/mol. The Morgan fingerprint density at radius 2 is 1.61 bits per heavy atom. The van der Waals surface area contributed by atoms with Crippen molar-refractivity contribution in [3.8, 4) is 6.07 Å². The van der Waals surface area contributed by atoms with Crippen molar-refractivity contribution >= 4 is 5.84 Å². The van der Waals surface area contributed by atoms with Crippen LogP contribution in [-0.4, -0.2) is 28.7 Å². The van der Waals surface area contributed by atoms with E-state index in [9.17, 15) is 26.3 Å². The van der Waals surface area contributed by atoms with Gasteiger partial charge in [-0.05, 0) is 19.1 Å². The fourth-order valence-corrected chi connectivity index (χ4v) is 2.15. The number of hydrogen-bond donors (Lipinski definition) is 1. The number of hydrogen-bond acceptors (Lipinski definition) is 4. The number of pyridine rings is 1. The third kappa shape index (κ3) is 2.52. The van der Waals surface area contributed by atoms with E-state index >= 15 is 0 Å². The van der Waals surface area contributed by atoms with Crippen molar-refractivity contribution in [3.63, 3.8) is 0 Å². The third-order valence-electron chi connectivity index (χ3n) is 3.21. The number of alkyl halides is 6. The minimum Gasteiger partial charge on any atom is -0.343 e. The van der Waals surface area contributed by atoms with Gasteiger partial charge in [-0.15, -0.1) is 0 Å². The number of rotatable bonds is 1. The van der Waals surface area contributed by atoms with E-state index in [2.05, 4.69) is 15.3 Å². The Labute approximate surface area is 126 Å². The molecule has 23 heavy (non-hydrogen) atoms. The molecule has 1 aromatic heterocycles. The second kappa shape index (κ2) is 5.26. The minimum atomic E-state index is -5.84. The van der Waals surface area contributed by atoms with Gasteiger partial charge in [-0.1, -0.05) is 0 Å². The zero-order valence-corrected chi connectivity index (χ0v) is 11.4. The molecule has 0 unspecified atom stereocenters. The molecule has 0 aliphatic carbocycles. The summed E-state index contributed by atoms with van der Waals surface area (Å²) in [6, 6.07) is 3.39. The smallest absolute Gasteiger partial charge is 0.343 e. The van der Waals surface area contributed by atoms with Crippen molar-refractivity contribution in [2.24, 2.45) is 4.99 Å². The van der Waals surface area contributed by atoms with Crippen LogP contribution < -0.4 is 5.32 Å². The van der Waals surface area contributed by atoms with Gasteiger partial charge in [0.1, 0.15) is 5.84 Å². The lowest BCUT2D eigenvalue weighted by atomic mass is 9.86. The van der Waals surface area contributed by atoms with Crippen molar-refractivity contribution in [1.29, 1.82) is 5.26 Å². The molecule has 2 heterocycles. The maximum Gasteiger partial charge on any atom is 0.427 e. The van der Waals surface area contributed by atoms with Crippen LogP contribution in [0.5, 0.6) is 0 Å². The Bertz CT molecular complexity index is 695. The van der Waals surface area contributed by atoms with Gasteiger partial charge in [-0.25, -0.2) is 4.99 Å². The molecule has 1 aliphatic rings. The predicted molar refractivity (Wildman–Crippen MR) is 67.1 cm³/mol. The van der Waals surface area contributed by atoms with E-state index in [1.807, 2.05) is 0 Å². The van der Waals surface area contributed by atoms with Crippen LogP contribution in [0.3, 0.4) is 0 Å². The van der Waals surface area contributed by atoms with Gasteiger partial charge in [0.25, 0.3) is 5.54 Å². The van der Waals surface area contributed by atoms with Gasteiger partial charge in [0.2, 0.25) is 0 Å². The van der Waals surface area contributed by atoms with Gasteiger partial charge in [0, 0.05) is 23.7 Å². The number of nitriles is 1. The molecule has 2 rings (SSSR count). The molecule has 0 saturated carbocycles. The van der Waals surface area contributed by atoms with Crippen molar-refractivity contribution in [1.82, 2.24) is 10.3 Å². The summed E-state index contributed by atoms with van der Waals surface area (Å²) >= 11 is 0. The van der Waals surface area contributed by atoms with Gasteiger partial charge in [0.15, 0.2) is 0 Å². The molecular formula is C13H8F6N4. The number of amidine groups is 1. The van der Waals surface area contributed by atoms with Crippen LogP contribution in [0, 0.1) is 11.3 Å². The van der Waals surface area contributed by atoms with Crippen LogP contribution in [0.1, 0.15) is 12.5 Å². The van der Waals surface area contributed by atoms with Crippen molar-refractivity contribution < 1.29 is 26.3 Å². The first-order valence-corrected chi connectivity index (χ1v) is 6.07. The third-order valence-corrected chi connectivity index (χ3v) is 3.21. The molecule has 1 N–H and O–H groups in total. The SMILES string of the molecule is CC1=C(C#N)C(C(F)(F)F)(C(F)(F)F)N=C(c2ccncc2)N1. The van der Waals surface area contributed by atoms with Gasteiger partial charge in [-0.3, -0.25) is 4.98 Å². The second-order valence-corrected chi connectivity index (χ2v) is 4.64. The Morgan fingerprint density at radius 1 is 1.09 bits per heavy atom. The van der Waals surface area contributed by atoms with E-state index in [4.69, 9.17) is 5.26 Å². The number of aliphatic imine (C=N–C) groups is 1. The Kier molecular flexibility index (Phi) is 3.84. The minimum absolute atomic E-state index is 0.0192. The van der Waals surface area contributed by atoms with Crippen LogP contribution >= 0.6 is 0 Å². The molecule has 122 valence electrons. The first-order valence-electron chi connectivity index (χ1n) is 6.07. The molecule has 0 saturated heterocycles. The van der Waals surface area contributed by atoms with Crippen LogP contribution in [0.25, 0.3) is 0 Å². The second-order valence-electron chi connectivity index (χ2n) is 4.64. The zero-order valence-electron chi connectivity index (χ0n) is 11.4. The van der Waals surface area contributed by atoms with Crippen molar-refractivity contribution in [2.75, 3.05) is 0 Å². The summed E-state index contributed by atoms with van der Waals surface area (Å²) in [5, 5.41) is 11.2. The Balaban J connectivity index is 2.80. The van der Waals surface area contributed by atoms with Crippen LogP contribution in [0.2, 0.25) is 0 Å². The quantitative estimate of drug-likeness (QED) is 0.803. The molecule has 0 spiro atoms. The van der Waals surface area contributed by atoms with E-state index in [1.54, 1.807) is 0 Å². The van der Waals surface area contributed by atoms with Gasteiger partial charge in [0.05, 0.1) is 11.6 Å². The normalized spacial score (nSPS) is 18.1. The van der Waals surface area contributed by atoms with Gasteiger partial charge < -0.3 is 5.32 Å². The van der Waals surface area contributed by atoms with E-state index in [1.165, 1.54) is 24.5 Å². The van der Waals surface area contributed by atoms with Crippen molar-refractivity contribution in [2.45, 2.75) is 24.8 Å². The Hall–Kier alpha value is -2.57. The first-order chi connectivity index (χ1) is 10.5. The summed E-state index contributed by atoms with van der Waals surface area (Å²) < 4.78 is 80.0. The van der Waals surface area contributed by atoms with E-state index in [0.717, 1.165) is 13.0 Å². The van der Waals surface area contributed by atoms with E-state index in [0.29, 0.717) is 0 Å². The molecule has 0 bridgehead atoms. The molecule has 1 aromatic rings. The number of aromatic nitrogens is 1. The molecule has 0 aromatic carbocycles. The highest BCUT2D eigenvalue weighted by atomic mass is 19.4. The molecule has 1 aliphatic heterocycles. The fraction of sp³-hybridized carbons (Fsp3) is 0.308. The van der Waals surface area contributed by atoms with Crippen LogP contribution in [0.15, 0.2) is 40.8 Å². The molecule has 10 heteroatoms. The molecule has 0 atom stereocenters. The summed E-state index contributed by atoms with van der Waals surface area (Å²) in [4.78, 5) is 6.51. The monoisotopic (exact) mass is 334 g/mol. The highest BCUT2D eigenvalue weighted by Crippen LogP contribution is 2.52. The molecule has 0 amide bonds. The van der Waals surface area contributed by atoms with Crippen molar-refractivity contribution in [3.05, 3.63) is 41.4 Å². The average Bonchev–Trinajstić information content (AvgIpc) is 2.44. The molecule has 0 fully saturated rings.